The molecule has 13 heteroatoms. The lowest BCUT2D eigenvalue weighted by Gasteiger charge is -2.36. The van der Waals surface area contributed by atoms with E-state index in [1.54, 1.807) is 31.4 Å². The monoisotopic (exact) mass is 814 g/mol. The van der Waals surface area contributed by atoms with Gasteiger partial charge in [-0.3, -0.25) is 0 Å². The van der Waals surface area contributed by atoms with Crippen LogP contribution < -0.4 is 11.5 Å². The molecule has 4 rings (SSSR count). The van der Waals surface area contributed by atoms with Crippen molar-refractivity contribution in [3.05, 3.63) is 127 Å². The zero-order valence-corrected chi connectivity index (χ0v) is 34.9. The summed E-state index contributed by atoms with van der Waals surface area (Å²) < 4.78 is 28.8. The van der Waals surface area contributed by atoms with Crippen LogP contribution in [0.15, 0.2) is 113 Å². The van der Waals surface area contributed by atoms with E-state index < -0.39 is 53.3 Å². The Hall–Kier alpha value is -4.92. The number of allylic oxidation sites excluding steroid dienone is 8. The molecule has 320 valence electrons. The molecule has 0 amide bonds. The maximum absolute atomic E-state index is 13.4. The van der Waals surface area contributed by atoms with Gasteiger partial charge >= 0.3 is 11.9 Å². The lowest BCUT2D eigenvalue weighted by atomic mass is 9.78. The van der Waals surface area contributed by atoms with Crippen molar-refractivity contribution in [3.8, 4) is 0 Å². The summed E-state index contributed by atoms with van der Waals surface area (Å²) in [7, 11) is 1.57. The van der Waals surface area contributed by atoms with E-state index in [1.807, 2.05) is 88.5 Å². The minimum atomic E-state index is -0.917. The minimum Gasteiger partial charge on any atom is -0.457 e. The molecule has 0 spiro atoms. The van der Waals surface area contributed by atoms with Crippen molar-refractivity contribution in [3.63, 3.8) is 0 Å². The fourth-order valence-electron chi connectivity index (χ4n) is 6.26. The molecular weight excluding hydrogens is 753 g/mol. The molecule has 2 aliphatic rings. The number of ether oxygens (including phenoxy) is 3. The second-order valence-corrected chi connectivity index (χ2v) is 15.9. The van der Waals surface area contributed by atoms with Crippen LogP contribution in [0.25, 0.3) is 6.08 Å². The fraction of sp³-hybridized carbons (Fsp3) is 0.478. The van der Waals surface area contributed by atoms with Gasteiger partial charge < -0.3 is 44.7 Å². The third-order valence-corrected chi connectivity index (χ3v) is 10.6. The van der Waals surface area contributed by atoms with Gasteiger partial charge in [0.2, 0.25) is 5.89 Å². The summed E-state index contributed by atoms with van der Waals surface area (Å²) in [5.74, 6) is -0.164. The predicted molar refractivity (Wildman–Crippen MR) is 227 cm³/mol. The van der Waals surface area contributed by atoms with Gasteiger partial charge in [-0.15, -0.1) is 0 Å². The molecule has 13 nitrogen and oxygen atoms in total. The third kappa shape index (κ3) is 14.4. The highest BCUT2D eigenvalue weighted by atomic mass is 16.6. The Labute approximate surface area is 348 Å². The van der Waals surface area contributed by atoms with E-state index in [1.165, 1.54) is 12.5 Å². The topological polar surface area (TPSA) is 206 Å². The molecule has 1 saturated carbocycles. The molecular formula is C46H62N4O9. The molecule has 0 unspecified atom stereocenters. The number of carbonyl (C=O) groups excluding carboxylic acids is 2. The summed E-state index contributed by atoms with van der Waals surface area (Å²) in [6, 6.07) is 0. The average Bonchev–Trinajstić information content (AvgIpc) is 3.52. The largest absolute Gasteiger partial charge is 0.457 e. The van der Waals surface area contributed by atoms with E-state index in [-0.39, 0.29) is 23.7 Å². The van der Waals surface area contributed by atoms with Crippen LogP contribution in [0.4, 0.5) is 0 Å². The lowest BCUT2D eigenvalue weighted by molar-refractivity contribution is -0.0462. The average molecular weight is 815 g/mol. The molecule has 4 bridgehead atoms. The Morgan fingerprint density at radius 1 is 0.763 bits per heavy atom. The maximum atomic E-state index is 13.4. The first kappa shape index (κ1) is 46.8. The second-order valence-electron chi connectivity index (χ2n) is 15.9. The van der Waals surface area contributed by atoms with Crippen molar-refractivity contribution in [1.29, 1.82) is 0 Å². The van der Waals surface area contributed by atoms with E-state index in [9.17, 15) is 19.8 Å². The summed E-state index contributed by atoms with van der Waals surface area (Å²) in [5, 5.41) is 22.2. The molecule has 59 heavy (non-hydrogen) atoms. The van der Waals surface area contributed by atoms with Gasteiger partial charge in [0, 0.05) is 36.9 Å². The molecule has 1 fully saturated rings. The number of aliphatic hydroxyl groups is 2. The summed E-state index contributed by atoms with van der Waals surface area (Å²) in [4.78, 5) is 35.5. The van der Waals surface area contributed by atoms with E-state index in [2.05, 4.69) is 22.1 Å². The van der Waals surface area contributed by atoms with Crippen LogP contribution in [-0.2, 0) is 20.6 Å². The number of nitrogens with zero attached hydrogens (tertiary/aromatic N) is 2. The highest BCUT2D eigenvalue weighted by Crippen LogP contribution is 2.41. The summed E-state index contributed by atoms with van der Waals surface area (Å²) in [5.41, 5.74) is 9.59. The van der Waals surface area contributed by atoms with Crippen molar-refractivity contribution in [2.45, 2.75) is 96.7 Å². The Morgan fingerprint density at radius 2 is 1.32 bits per heavy atom. The molecule has 0 saturated heterocycles. The summed E-state index contributed by atoms with van der Waals surface area (Å²) >= 11 is 0. The molecule has 2 aromatic heterocycles. The van der Waals surface area contributed by atoms with E-state index in [0.717, 1.165) is 6.42 Å². The normalized spacial score (nSPS) is 27.2. The number of nitrogens with two attached hydrogens (primary N) is 2. The highest BCUT2D eigenvalue weighted by Gasteiger charge is 2.40. The standard InChI is InChI=1S/C46H62N4O9/c1-45(2,37(51)21-13-15-26-47)39-23-10-8-6-7-9-20-34(55-5)29-42-50-36(31-57-42)44(54)59-40(46(3,4)38(52)22-14-16-27-48)24-17-19-33-28-32(33)18-11-12-25-41-49-35(30-56-41)43(53)58-39/h6-14,17-22,25,30-34,37-40,51-52H,15-16,23-24,26-29,47-48H2,1-5H3/b7-6-,10-8-,18-11+,19-17-,20-9+,21-13+,22-14+,25-12-/t32-,33+,34+,37+,38+,39+,40+/m1/s1. The molecule has 7 atom stereocenters. The van der Waals surface area contributed by atoms with Gasteiger partial charge in [0.1, 0.15) is 24.7 Å². The highest BCUT2D eigenvalue weighted by molar-refractivity contribution is 5.87. The van der Waals surface area contributed by atoms with Crippen molar-refractivity contribution < 1.29 is 42.8 Å². The van der Waals surface area contributed by atoms with Crippen molar-refractivity contribution >= 4 is 18.0 Å². The molecule has 0 radical (unpaired) electrons. The number of oxazole rings is 2. The first-order chi connectivity index (χ1) is 28.3. The van der Waals surface area contributed by atoms with Crippen LogP contribution in [0.2, 0.25) is 0 Å². The van der Waals surface area contributed by atoms with Gasteiger partial charge in [-0.05, 0) is 44.2 Å². The molecule has 3 heterocycles. The number of hydrogen-bond acceptors (Lipinski definition) is 13. The molecule has 6 N–H and O–H groups in total. The van der Waals surface area contributed by atoms with Gasteiger partial charge in [0.25, 0.3) is 0 Å². The van der Waals surface area contributed by atoms with Crippen molar-refractivity contribution in [2.24, 2.45) is 34.1 Å². The van der Waals surface area contributed by atoms with Crippen molar-refractivity contribution in [1.82, 2.24) is 9.97 Å². The fourth-order valence-corrected chi connectivity index (χ4v) is 6.26. The Balaban J connectivity index is 1.58. The quantitative estimate of drug-likeness (QED) is 0.137. The molecule has 1 aliphatic heterocycles. The Morgan fingerprint density at radius 3 is 1.95 bits per heavy atom. The van der Waals surface area contributed by atoms with Crippen LogP contribution in [0.3, 0.4) is 0 Å². The Bertz CT molecular complexity index is 1880. The summed E-state index contributed by atoms with van der Waals surface area (Å²) in [6.07, 6.45) is 31.5. The minimum absolute atomic E-state index is 0.0172. The first-order valence-corrected chi connectivity index (χ1v) is 20.3. The molecule has 2 aromatic rings. The number of rotatable bonds is 11. The van der Waals surface area contributed by atoms with Crippen LogP contribution in [0.5, 0.6) is 0 Å². The van der Waals surface area contributed by atoms with Crippen LogP contribution in [-0.4, -0.2) is 82.8 Å². The number of aliphatic hydroxyl groups excluding tert-OH is 2. The van der Waals surface area contributed by atoms with E-state index in [0.29, 0.717) is 56.5 Å². The van der Waals surface area contributed by atoms with Crippen LogP contribution >= 0.6 is 0 Å². The van der Waals surface area contributed by atoms with Crippen LogP contribution in [0, 0.1) is 22.7 Å². The summed E-state index contributed by atoms with van der Waals surface area (Å²) in [6.45, 7) is 8.30. The maximum Gasteiger partial charge on any atom is 0.360 e. The Kier molecular flexibility index (Phi) is 18.2. The second kappa shape index (κ2) is 23.0. The predicted octanol–water partition coefficient (Wildman–Crippen LogP) is 6.78. The van der Waals surface area contributed by atoms with Gasteiger partial charge in [-0.1, -0.05) is 119 Å². The van der Waals surface area contributed by atoms with Gasteiger partial charge in [-0.25, -0.2) is 19.6 Å². The van der Waals surface area contributed by atoms with E-state index >= 15 is 0 Å². The number of fused-ring (bicyclic) bond motifs is 5. The lowest BCUT2D eigenvalue weighted by Crippen LogP contribution is -2.42. The molecule has 0 aromatic carbocycles. The zero-order valence-electron chi connectivity index (χ0n) is 34.9. The number of aromatic nitrogens is 2. The third-order valence-electron chi connectivity index (χ3n) is 10.6. The van der Waals surface area contributed by atoms with Gasteiger partial charge in [-0.2, -0.15) is 0 Å². The van der Waals surface area contributed by atoms with Crippen LogP contribution in [0.1, 0.15) is 92.6 Å². The number of esters is 2. The number of methoxy groups -OCH3 is 1. The molecule has 1 aliphatic carbocycles. The smallest absolute Gasteiger partial charge is 0.360 e. The van der Waals surface area contributed by atoms with Gasteiger partial charge in [0.15, 0.2) is 17.3 Å². The van der Waals surface area contributed by atoms with Crippen molar-refractivity contribution in [2.75, 3.05) is 20.2 Å². The van der Waals surface area contributed by atoms with Gasteiger partial charge in [0.05, 0.1) is 24.7 Å². The SMILES string of the molecule is CO[C@H]1/C=C/C=C\C=C/C[C@@H](C(C)(C)[C@@H](O)/C=C/CCN)OC(=O)c2coc(n2)/C=C\C=C\[C@@H]2C[C@@H]2/C=C\C[C@@H](C(C)(C)[C@@H](O)/C=C/CCN)OC(=O)c2coc(n2)C1. The first-order valence-electron chi connectivity index (χ1n) is 20.3. The number of cyclic esters (lactones) is 2. The van der Waals surface area contributed by atoms with E-state index in [4.69, 9.17) is 34.5 Å². The zero-order chi connectivity index (χ0) is 42.8. The number of hydrogen-bond donors (Lipinski definition) is 4. The number of carbonyl (C=O) groups is 2.